The molecule has 0 aliphatic carbocycles. The lowest BCUT2D eigenvalue weighted by molar-refractivity contribution is -0.123. The summed E-state index contributed by atoms with van der Waals surface area (Å²) in [5, 5.41) is 5.81. The SMILES string of the molecule is CCNC(=O)COc1cccc(NC(=O)[C@@H](C)Sc2ccccc2Cl)c1. The van der Waals surface area contributed by atoms with Gasteiger partial charge < -0.3 is 15.4 Å². The average molecular weight is 393 g/mol. The van der Waals surface area contributed by atoms with Gasteiger partial charge >= 0.3 is 0 Å². The Bertz CT molecular complexity index is 770. The summed E-state index contributed by atoms with van der Waals surface area (Å²) < 4.78 is 5.43. The van der Waals surface area contributed by atoms with E-state index in [2.05, 4.69) is 10.6 Å². The summed E-state index contributed by atoms with van der Waals surface area (Å²) in [5.41, 5.74) is 0.606. The molecule has 7 heteroatoms. The summed E-state index contributed by atoms with van der Waals surface area (Å²) in [6.07, 6.45) is 0. The van der Waals surface area contributed by atoms with Crippen molar-refractivity contribution < 1.29 is 14.3 Å². The molecule has 0 radical (unpaired) electrons. The third-order valence-electron chi connectivity index (χ3n) is 3.36. The number of carbonyl (C=O) groups excluding carboxylic acids is 2. The summed E-state index contributed by atoms with van der Waals surface area (Å²) in [6, 6.07) is 14.4. The summed E-state index contributed by atoms with van der Waals surface area (Å²) in [4.78, 5) is 24.7. The Morgan fingerprint density at radius 3 is 2.69 bits per heavy atom. The van der Waals surface area contributed by atoms with Gasteiger partial charge in [-0.2, -0.15) is 0 Å². The number of likely N-dealkylation sites (N-methyl/N-ethyl adjacent to an activating group) is 1. The van der Waals surface area contributed by atoms with E-state index in [1.165, 1.54) is 11.8 Å². The van der Waals surface area contributed by atoms with E-state index >= 15 is 0 Å². The largest absolute Gasteiger partial charge is 0.484 e. The van der Waals surface area contributed by atoms with Gasteiger partial charge in [-0.25, -0.2) is 0 Å². The predicted molar refractivity (Wildman–Crippen MR) is 106 cm³/mol. The highest BCUT2D eigenvalue weighted by Gasteiger charge is 2.16. The molecule has 0 saturated carbocycles. The molecule has 0 bridgehead atoms. The molecule has 2 N–H and O–H groups in total. The van der Waals surface area contributed by atoms with Crippen molar-refractivity contribution in [3.05, 3.63) is 53.6 Å². The smallest absolute Gasteiger partial charge is 0.257 e. The molecule has 0 aromatic heterocycles. The van der Waals surface area contributed by atoms with Gasteiger partial charge in [0.05, 0.1) is 10.3 Å². The van der Waals surface area contributed by atoms with Gasteiger partial charge in [-0.1, -0.05) is 29.8 Å². The molecular weight excluding hydrogens is 372 g/mol. The van der Waals surface area contributed by atoms with Gasteiger partial charge in [0.1, 0.15) is 5.75 Å². The van der Waals surface area contributed by atoms with E-state index in [4.69, 9.17) is 16.3 Å². The lowest BCUT2D eigenvalue weighted by Gasteiger charge is -2.13. The average Bonchev–Trinajstić information content (AvgIpc) is 2.62. The zero-order chi connectivity index (χ0) is 18.9. The maximum absolute atomic E-state index is 12.4. The topological polar surface area (TPSA) is 67.4 Å². The normalized spacial score (nSPS) is 11.5. The van der Waals surface area contributed by atoms with Crippen molar-refractivity contribution in [3.8, 4) is 5.75 Å². The number of hydrogen-bond donors (Lipinski definition) is 2. The molecule has 1 atom stereocenters. The highest BCUT2D eigenvalue weighted by molar-refractivity contribution is 8.00. The highest BCUT2D eigenvalue weighted by atomic mass is 35.5. The fraction of sp³-hybridized carbons (Fsp3) is 0.263. The van der Waals surface area contributed by atoms with Crippen LogP contribution in [0.1, 0.15) is 13.8 Å². The Balaban J connectivity index is 1.93. The molecular formula is C19H21ClN2O3S. The van der Waals surface area contributed by atoms with Gasteiger partial charge in [0.25, 0.3) is 5.91 Å². The number of rotatable bonds is 8. The van der Waals surface area contributed by atoms with Crippen molar-refractivity contribution in [2.24, 2.45) is 0 Å². The van der Waals surface area contributed by atoms with Crippen LogP contribution < -0.4 is 15.4 Å². The minimum atomic E-state index is -0.324. The summed E-state index contributed by atoms with van der Waals surface area (Å²) in [7, 11) is 0. The van der Waals surface area contributed by atoms with Gasteiger partial charge in [-0.15, -0.1) is 11.8 Å². The fourth-order valence-electron chi connectivity index (χ4n) is 2.09. The molecule has 26 heavy (non-hydrogen) atoms. The second kappa shape index (κ2) is 10.1. The zero-order valence-corrected chi connectivity index (χ0v) is 16.2. The number of nitrogens with one attached hydrogen (secondary N) is 2. The predicted octanol–water partition coefficient (Wildman–Crippen LogP) is 3.97. The lowest BCUT2D eigenvalue weighted by Crippen LogP contribution is -2.28. The van der Waals surface area contributed by atoms with E-state index in [1.54, 1.807) is 30.3 Å². The summed E-state index contributed by atoms with van der Waals surface area (Å²) in [5.74, 6) is 0.183. The molecule has 2 amide bonds. The van der Waals surface area contributed by atoms with Gasteiger partial charge in [0.15, 0.2) is 6.61 Å². The number of anilines is 1. The van der Waals surface area contributed by atoms with Crippen LogP contribution in [0.2, 0.25) is 5.02 Å². The van der Waals surface area contributed by atoms with Gasteiger partial charge in [-0.05, 0) is 38.1 Å². The first-order valence-electron chi connectivity index (χ1n) is 8.21. The number of amides is 2. The fourth-order valence-corrected chi connectivity index (χ4v) is 3.24. The molecule has 0 heterocycles. The number of halogens is 1. The van der Waals surface area contributed by atoms with Crippen LogP contribution >= 0.6 is 23.4 Å². The number of carbonyl (C=O) groups is 2. The maximum atomic E-state index is 12.4. The van der Waals surface area contributed by atoms with Crippen LogP contribution in [-0.2, 0) is 9.59 Å². The van der Waals surface area contributed by atoms with Crippen molar-refractivity contribution in [3.63, 3.8) is 0 Å². The zero-order valence-electron chi connectivity index (χ0n) is 14.6. The summed E-state index contributed by atoms with van der Waals surface area (Å²) in [6.45, 7) is 4.15. The Hall–Kier alpha value is -2.18. The minimum absolute atomic E-state index is 0.0655. The molecule has 5 nitrogen and oxygen atoms in total. The van der Waals surface area contributed by atoms with Crippen LogP contribution in [-0.4, -0.2) is 30.2 Å². The van der Waals surface area contributed by atoms with Crippen molar-refractivity contribution in [2.45, 2.75) is 24.0 Å². The van der Waals surface area contributed by atoms with Gasteiger partial charge in [0, 0.05) is 23.2 Å². The molecule has 0 spiro atoms. The maximum Gasteiger partial charge on any atom is 0.257 e. The molecule has 2 aromatic carbocycles. The van der Waals surface area contributed by atoms with E-state index in [-0.39, 0.29) is 23.7 Å². The van der Waals surface area contributed by atoms with Gasteiger partial charge in [0.2, 0.25) is 5.91 Å². The number of hydrogen-bond acceptors (Lipinski definition) is 4. The molecule has 138 valence electrons. The first-order valence-corrected chi connectivity index (χ1v) is 9.47. The first kappa shape index (κ1) is 20.1. The molecule has 0 aliphatic rings. The first-order chi connectivity index (χ1) is 12.5. The van der Waals surface area contributed by atoms with Crippen LogP contribution in [0.5, 0.6) is 5.75 Å². The van der Waals surface area contributed by atoms with E-state index < -0.39 is 0 Å². The third-order valence-corrected chi connectivity index (χ3v) is 4.97. The quantitative estimate of drug-likeness (QED) is 0.667. The van der Waals surface area contributed by atoms with Crippen molar-refractivity contribution >= 4 is 40.9 Å². The van der Waals surface area contributed by atoms with Crippen molar-refractivity contribution in [2.75, 3.05) is 18.5 Å². The van der Waals surface area contributed by atoms with Crippen molar-refractivity contribution in [1.82, 2.24) is 5.32 Å². The number of ether oxygens (including phenoxy) is 1. The van der Waals surface area contributed by atoms with E-state index in [1.807, 2.05) is 32.0 Å². The molecule has 0 fully saturated rings. The monoisotopic (exact) mass is 392 g/mol. The van der Waals surface area contributed by atoms with Crippen LogP contribution in [0.15, 0.2) is 53.4 Å². The molecule has 0 unspecified atom stereocenters. The van der Waals surface area contributed by atoms with E-state index in [0.29, 0.717) is 23.0 Å². The number of thioether (sulfide) groups is 1. The van der Waals surface area contributed by atoms with Crippen LogP contribution in [0.25, 0.3) is 0 Å². The third kappa shape index (κ3) is 6.28. The Morgan fingerprint density at radius 1 is 1.19 bits per heavy atom. The van der Waals surface area contributed by atoms with E-state index in [0.717, 1.165) is 4.90 Å². The lowest BCUT2D eigenvalue weighted by atomic mass is 10.3. The van der Waals surface area contributed by atoms with E-state index in [9.17, 15) is 9.59 Å². The number of benzene rings is 2. The molecule has 2 rings (SSSR count). The Morgan fingerprint density at radius 2 is 1.96 bits per heavy atom. The second-order valence-electron chi connectivity index (χ2n) is 5.45. The minimum Gasteiger partial charge on any atom is -0.484 e. The molecule has 0 saturated heterocycles. The van der Waals surface area contributed by atoms with Crippen molar-refractivity contribution in [1.29, 1.82) is 0 Å². The molecule has 2 aromatic rings. The van der Waals surface area contributed by atoms with Crippen LogP contribution in [0.4, 0.5) is 5.69 Å². The standard InChI is InChI=1S/C19H21ClN2O3S/c1-3-21-18(23)12-25-15-8-6-7-14(11-15)22-19(24)13(2)26-17-10-5-4-9-16(17)20/h4-11,13H,3,12H2,1-2H3,(H,21,23)(H,22,24)/t13-/m1/s1. The van der Waals surface area contributed by atoms with Gasteiger partial charge in [-0.3, -0.25) is 9.59 Å². The Kier molecular flexibility index (Phi) is 7.81. The Labute approximate surface area is 162 Å². The van der Waals surface area contributed by atoms with Crippen LogP contribution in [0.3, 0.4) is 0 Å². The molecule has 0 aliphatic heterocycles. The summed E-state index contributed by atoms with van der Waals surface area (Å²) >= 11 is 7.53. The second-order valence-corrected chi connectivity index (χ2v) is 7.24. The van der Waals surface area contributed by atoms with Crippen LogP contribution in [0, 0.1) is 0 Å². The highest BCUT2D eigenvalue weighted by Crippen LogP contribution is 2.30.